The lowest BCUT2D eigenvalue weighted by molar-refractivity contribution is -0.121. The molecule has 0 radical (unpaired) electrons. The van der Waals surface area contributed by atoms with Crippen molar-refractivity contribution in [3.63, 3.8) is 0 Å². The standard InChI is InChI=1S/C23H27N5O3/c1-4-10-26-13-17-21(23(26)31)27(14-19(29)24-12-15(2)3)20-11-18(25-28(20)22(17)30)16-8-6-5-7-9-16/h5-9,11,15H,4,10,12-14H2,1-3H3,(H,24,29). The van der Waals surface area contributed by atoms with E-state index in [0.717, 1.165) is 12.0 Å². The molecule has 1 aromatic carbocycles. The fourth-order valence-electron chi connectivity index (χ4n) is 3.90. The quantitative estimate of drug-likeness (QED) is 0.634. The van der Waals surface area contributed by atoms with Gasteiger partial charge in [0.2, 0.25) is 5.91 Å². The summed E-state index contributed by atoms with van der Waals surface area (Å²) in [4.78, 5) is 40.7. The first-order chi connectivity index (χ1) is 14.9. The first-order valence-corrected chi connectivity index (χ1v) is 10.7. The van der Waals surface area contributed by atoms with Gasteiger partial charge in [-0.05, 0) is 12.3 Å². The van der Waals surface area contributed by atoms with E-state index in [0.29, 0.717) is 41.6 Å². The minimum atomic E-state index is -0.307. The molecule has 162 valence electrons. The van der Waals surface area contributed by atoms with Crippen molar-refractivity contribution < 1.29 is 9.59 Å². The number of carbonyl (C=O) groups is 2. The smallest absolute Gasteiger partial charge is 0.280 e. The summed E-state index contributed by atoms with van der Waals surface area (Å²) in [7, 11) is 0. The lowest BCUT2D eigenvalue weighted by atomic mass is 10.1. The molecule has 4 rings (SSSR count). The molecule has 3 aromatic rings. The van der Waals surface area contributed by atoms with E-state index in [1.165, 1.54) is 4.52 Å². The predicted octanol–water partition coefficient (Wildman–Crippen LogP) is 2.30. The van der Waals surface area contributed by atoms with Gasteiger partial charge in [0.05, 0.1) is 17.8 Å². The molecule has 1 N–H and O–H groups in total. The molecule has 8 heteroatoms. The van der Waals surface area contributed by atoms with Crippen LogP contribution in [0.5, 0.6) is 0 Å². The largest absolute Gasteiger partial charge is 0.354 e. The molecule has 0 bridgehead atoms. The zero-order chi connectivity index (χ0) is 22.1. The summed E-state index contributed by atoms with van der Waals surface area (Å²) in [5.41, 5.74) is 2.30. The number of amides is 2. The molecule has 0 atom stereocenters. The van der Waals surface area contributed by atoms with Gasteiger partial charge < -0.3 is 14.8 Å². The lowest BCUT2D eigenvalue weighted by Crippen LogP contribution is -2.34. The second-order valence-corrected chi connectivity index (χ2v) is 8.31. The van der Waals surface area contributed by atoms with Crippen LogP contribution >= 0.6 is 0 Å². The van der Waals surface area contributed by atoms with E-state index in [2.05, 4.69) is 10.4 Å². The maximum atomic E-state index is 13.2. The number of hydrogen-bond donors (Lipinski definition) is 1. The Labute approximate surface area is 180 Å². The number of carbonyl (C=O) groups excluding carboxylic acids is 2. The van der Waals surface area contributed by atoms with Crippen LogP contribution in [-0.4, -0.2) is 44.0 Å². The van der Waals surface area contributed by atoms with Crippen molar-refractivity contribution in [1.29, 1.82) is 0 Å². The van der Waals surface area contributed by atoms with Gasteiger partial charge in [0.25, 0.3) is 11.5 Å². The number of rotatable bonds is 7. The van der Waals surface area contributed by atoms with Gasteiger partial charge in [-0.3, -0.25) is 14.4 Å². The summed E-state index contributed by atoms with van der Waals surface area (Å²) in [5.74, 6) is -0.105. The molecular weight excluding hydrogens is 394 g/mol. The Morgan fingerprint density at radius 3 is 2.61 bits per heavy atom. The Kier molecular flexibility index (Phi) is 5.63. The fourth-order valence-corrected chi connectivity index (χ4v) is 3.90. The summed E-state index contributed by atoms with van der Waals surface area (Å²) in [6.45, 7) is 7.32. The molecule has 0 saturated carbocycles. The maximum Gasteiger partial charge on any atom is 0.280 e. The van der Waals surface area contributed by atoms with Gasteiger partial charge in [-0.25, -0.2) is 0 Å². The Morgan fingerprint density at radius 2 is 1.94 bits per heavy atom. The Morgan fingerprint density at radius 1 is 1.19 bits per heavy atom. The van der Waals surface area contributed by atoms with Crippen molar-refractivity contribution in [3.8, 4) is 11.3 Å². The minimum Gasteiger partial charge on any atom is -0.354 e. The Bertz CT molecular complexity index is 1190. The highest BCUT2D eigenvalue weighted by Crippen LogP contribution is 2.25. The van der Waals surface area contributed by atoms with Crippen molar-refractivity contribution in [2.75, 3.05) is 13.1 Å². The van der Waals surface area contributed by atoms with Crippen LogP contribution in [-0.2, 0) is 17.9 Å². The van der Waals surface area contributed by atoms with Gasteiger partial charge in [0.1, 0.15) is 17.9 Å². The predicted molar refractivity (Wildman–Crippen MR) is 118 cm³/mol. The highest BCUT2D eigenvalue weighted by atomic mass is 16.2. The number of aromatic nitrogens is 3. The fraction of sp³-hybridized carbons (Fsp3) is 0.391. The second-order valence-electron chi connectivity index (χ2n) is 8.31. The van der Waals surface area contributed by atoms with Gasteiger partial charge >= 0.3 is 0 Å². The van der Waals surface area contributed by atoms with Crippen LogP contribution in [0.3, 0.4) is 0 Å². The highest BCUT2D eigenvalue weighted by molar-refractivity contribution is 5.98. The normalized spacial score (nSPS) is 13.3. The van der Waals surface area contributed by atoms with Crippen LogP contribution in [0.25, 0.3) is 16.9 Å². The third-order valence-corrected chi connectivity index (χ3v) is 5.38. The topological polar surface area (TPSA) is 88.7 Å². The summed E-state index contributed by atoms with van der Waals surface area (Å²) in [6, 6.07) is 11.3. The highest BCUT2D eigenvalue weighted by Gasteiger charge is 2.34. The zero-order valence-electron chi connectivity index (χ0n) is 18.1. The van der Waals surface area contributed by atoms with E-state index in [-0.39, 0.29) is 30.5 Å². The number of benzene rings is 1. The molecule has 0 aliphatic carbocycles. The number of nitrogens with one attached hydrogen (secondary N) is 1. The molecule has 0 saturated heterocycles. The van der Waals surface area contributed by atoms with Gasteiger partial charge in [-0.15, -0.1) is 0 Å². The molecule has 0 spiro atoms. The average Bonchev–Trinajstić information content (AvgIpc) is 3.34. The van der Waals surface area contributed by atoms with E-state index in [9.17, 15) is 14.4 Å². The van der Waals surface area contributed by atoms with Crippen LogP contribution in [0.15, 0.2) is 41.2 Å². The molecular formula is C23H27N5O3. The van der Waals surface area contributed by atoms with E-state index in [4.69, 9.17) is 0 Å². The monoisotopic (exact) mass is 421 g/mol. The van der Waals surface area contributed by atoms with Gasteiger partial charge in [0, 0.05) is 24.7 Å². The molecule has 2 amide bonds. The summed E-state index contributed by atoms with van der Waals surface area (Å²) >= 11 is 0. The SMILES string of the molecule is CCCN1Cc2c(n(CC(=O)NCC(C)C)c3cc(-c4ccccc4)nn3c2=O)C1=O. The first kappa shape index (κ1) is 20.8. The van der Waals surface area contributed by atoms with E-state index >= 15 is 0 Å². The van der Waals surface area contributed by atoms with Gasteiger partial charge in [0.15, 0.2) is 0 Å². The van der Waals surface area contributed by atoms with Crippen LogP contribution in [0, 0.1) is 5.92 Å². The zero-order valence-corrected chi connectivity index (χ0v) is 18.1. The van der Waals surface area contributed by atoms with Crippen LogP contribution in [0.4, 0.5) is 0 Å². The molecule has 31 heavy (non-hydrogen) atoms. The minimum absolute atomic E-state index is 0.0511. The number of nitrogens with zero attached hydrogens (tertiary/aromatic N) is 4. The average molecular weight is 422 g/mol. The molecule has 0 fully saturated rings. The molecule has 8 nitrogen and oxygen atoms in total. The van der Waals surface area contributed by atoms with Crippen LogP contribution < -0.4 is 10.9 Å². The lowest BCUT2D eigenvalue weighted by Gasteiger charge is -2.15. The summed E-state index contributed by atoms with van der Waals surface area (Å²) in [6.07, 6.45) is 0.790. The van der Waals surface area contributed by atoms with Crippen molar-refractivity contribution in [1.82, 2.24) is 24.4 Å². The van der Waals surface area contributed by atoms with Gasteiger partial charge in [-0.1, -0.05) is 51.1 Å². The third kappa shape index (κ3) is 3.85. The van der Waals surface area contributed by atoms with Crippen molar-refractivity contribution >= 4 is 17.5 Å². The van der Waals surface area contributed by atoms with E-state index in [1.807, 2.05) is 51.1 Å². The summed E-state index contributed by atoms with van der Waals surface area (Å²) < 4.78 is 2.96. The Hall–Kier alpha value is -3.42. The third-order valence-electron chi connectivity index (χ3n) is 5.38. The molecule has 2 aromatic heterocycles. The van der Waals surface area contributed by atoms with Crippen LogP contribution in [0.2, 0.25) is 0 Å². The summed E-state index contributed by atoms with van der Waals surface area (Å²) in [5, 5.41) is 7.42. The second kappa shape index (κ2) is 8.37. The molecule has 1 aliphatic heterocycles. The number of fused-ring (bicyclic) bond motifs is 2. The molecule has 0 unspecified atom stereocenters. The Balaban J connectivity index is 1.86. The van der Waals surface area contributed by atoms with Crippen molar-refractivity contribution in [3.05, 3.63) is 58.0 Å². The first-order valence-electron chi connectivity index (χ1n) is 10.7. The van der Waals surface area contributed by atoms with Crippen molar-refractivity contribution in [2.24, 2.45) is 5.92 Å². The van der Waals surface area contributed by atoms with Gasteiger partial charge in [-0.2, -0.15) is 9.61 Å². The van der Waals surface area contributed by atoms with Crippen LogP contribution in [0.1, 0.15) is 43.2 Å². The maximum absolute atomic E-state index is 13.2. The molecule has 1 aliphatic rings. The number of hydrogen-bond acceptors (Lipinski definition) is 4. The molecule has 3 heterocycles. The van der Waals surface area contributed by atoms with E-state index < -0.39 is 0 Å². The van der Waals surface area contributed by atoms with E-state index in [1.54, 1.807) is 15.5 Å². The van der Waals surface area contributed by atoms with Crippen molar-refractivity contribution in [2.45, 2.75) is 40.3 Å².